The van der Waals surface area contributed by atoms with Crippen molar-refractivity contribution >= 4 is 23.8 Å². The van der Waals surface area contributed by atoms with E-state index in [9.17, 15) is 5.26 Å². The zero-order chi connectivity index (χ0) is 17.9. The fourth-order valence-corrected chi connectivity index (χ4v) is 2.55. The van der Waals surface area contributed by atoms with Gasteiger partial charge in [-0.3, -0.25) is 4.99 Å². The summed E-state index contributed by atoms with van der Waals surface area (Å²) in [7, 11) is 1.97. The van der Waals surface area contributed by atoms with E-state index in [1.807, 2.05) is 36.5 Å². The normalized spacial score (nSPS) is 21.7. The SMILES string of the molecule is CN1/C=N\C/C=C(Nc2nc(NC3CC3)c3ncc(C#N)n3n2)\C=C/C1. The van der Waals surface area contributed by atoms with E-state index in [-0.39, 0.29) is 0 Å². The Hall–Kier alpha value is -3.41. The number of fused-ring (bicyclic) bond motifs is 1. The highest BCUT2D eigenvalue weighted by atomic mass is 15.4. The van der Waals surface area contributed by atoms with Crippen molar-refractivity contribution in [2.75, 3.05) is 30.8 Å². The number of likely N-dealkylation sites (N-methyl/N-ethyl adjacent to an activating group) is 1. The highest BCUT2D eigenvalue weighted by Crippen LogP contribution is 2.26. The van der Waals surface area contributed by atoms with Crippen molar-refractivity contribution in [2.45, 2.75) is 18.9 Å². The number of hydrogen-bond acceptors (Lipinski definition) is 8. The third-order valence-corrected chi connectivity index (χ3v) is 4.04. The molecule has 0 aromatic carbocycles. The second-order valence-corrected chi connectivity index (χ2v) is 6.30. The minimum Gasteiger partial charge on any atom is -0.364 e. The number of aromatic nitrogens is 4. The van der Waals surface area contributed by atoms with Crippen molar-refractivity contribution in [3.05, 3.63) is 35.8 Å². The van der Waals surface area contributed by atoms with Gasteiger partial charge in [0.1, 0.15) is 6.07 Å². The van der Waals surface area contributed by atoms with Crippen LogP contribution in [0.2, 0.25) is 0 Å². The largest absolute Gasteiger partial charge is 0.364 e. The summed E-state index contributed by atoms with van der Waals surface area (Å²) in [6.07, 6.45) is 11.5. The number of nitrogens with zero attached hydrogens (tertiary/aromatic N) is 7. The lowest BCUT2D eigenvalue weighted by Gasteiger charge is -2.10. The average Bonchev–Trinajstić information content (AvgIpc) is 3.32. The molecule has 9 nitrogen and oxygen atoms in total. The molecule has 3 heterocycles. The van der Waals surface area contributed by atoms with E-state index in [1.54, 1.807) is 0 Å². The quantitative estimate of drug-likeness (QED) is 0.859. The Morgan fingerprint density at radius 1 is 1.35 bits per heavy atom. The summed E-state index contributed by atoms with van der Waals surface area (Å²) in [4.78, 5) is 15.2. The van der Waals surface area contributed by atoms with Crippen LogP contribution in [0.1, 0.15) is 18.5 Å². The van der Waals surface area contributed by atoms with E-state index in [1.165, 1.54) is 10.7 Å². The van der Waals surface area contributed by atoms with Gasteiger partial charge in [-0.25, -0.2) is 4.98 Å². The number of allylic oxidation sites excluding steroid dienone is 1. The molecule has 4 rings (SSSR count). The van der Waals surface area contributed by atoms with Gasteiger partial charge in [0.15, 0.2) is 17.2 Å². The van der Waals surface area contributed by atoms with Gasteiger partial charge in [0, 0.05) is 25.3 Å². The Labute approximate surface area is 150 Å². The Morgan fingerprint density at radius 2 is 2.23 bits per heavy atom. The number of rotatable bonds is 4. The first-order valence-electron chi connectivity index (χ1n) is 8.49. The van der Waals surface area contributed by atoms with Gasteiger partial charge in [0.25, 0.3) is 0 Å². The first-order valence-corrected chi connectivity index (χ1v) is 8.49. The molecule has 0 spiro atoms. The van der Waals surface area contributed by atoms with Crippen molar-refractivity contribution in [2.24, 2.45) is 4.99 Å². The summed E-state index contributed by atoms with van der Waals surface area (Å²) in [6, 6.07) is 2.52. The molecule has 2 aromatic rings. The zero-order valence-corrected chi connectivity index (χ0v) is 14.4. The van der Waals surface area contributed by atoms with Crippen molar-refractivity contribution in [1.82, 2.24) is 24.5 Å². The summed E-state index contributed by atoms with van der Waals surface area (Å²) in [6.45, 7) is 1.32. The molecule has 132 valence electrons. The van der Waals surface area contributed by atoms with Crippen LogP contribution in [0.4, 0.5) is 11.8 Å². The van der Waals surface area contributed by atoms with Crippen molar-refractivity contribution in [3.8, 4) is 6.07 Å². The highest BCUT2D eigenvalue weighted by Gasteiger charge is 2.24. The molecular weight excluding hydrogens is 330 g/mol. The topological polar surface area (TPSA) is 107 Å². The Bertz CT molecular complexity index is 943. The van der Waals surface area contributed by atoms with Crippen molar-refractivity contribution in [3.63, 3.8) is 0 Å². The Morgan fingerprint density at radius 3 is 3.04 bits per heavy atom. The number of aliphatic imine (C=N–C) groups is 1. The standard InChI is InChI=1S/C17H19N9/c1-25-8-2-3-12(6-7-19-11-25)22-17-23-15(21-13-4-5-13)16-20-10-14(9-18)26(16)24-17/h2-3,6,10-11,13H,4-5,7-8H2,1H3,(H2,21,22,23,24)/b3-2-,12-6+,19-11-. The van der Waals surface area contributed by atoms with Crippen LogP contribution < -0.4 is 10.6 Å². The monoisotopic (exact) mass is 349 g/mol. The first kappa shape index (κ1) is 16.1. The van der Waals surface area contributed by atoms with Crippen LogP contribution in [0.5, 0.6) is 0 Å². The molecule has 2 N–H and O–H groups in total. The lowest BCUT2D eigenvalue weighted by Crippen LogP contribution is -2.15. The molecule has 2 aromatic heterocycles. The van der Waals surface area contributed by atoms with E-state index >= 15 is 0 Å². The van der Waals surface area contributed by atoms with Gasteiger partial charge in [-0.2, -0.15) is 14.8 Å². The summed E-state index contributed by atoms with van der Waals surface area (Å²) in [5, 5.41) is 20.3. The third kappa shape index (κ3) is 3.49. The maximum atomic E-state index is 9.29. The summed E-state index contributed by atoms with van der Waals surface area (Å²) in [5.41, 5.74) is 1.78. The molecule has 1 fully saturated rings. The fourth-order valence-electron chi connectivity index (χ4n) is 2.55. The molecule has 0 unspecified atom stereocenters. The van der Waals surface area contributed by atoms with Crippen LogP contribution in [-0.2, 0) is 0 Å². The lowest BCUT2D eigenvalue weighted by atomic mass is 10.3. The second-order valence-electron chi connectivity index (χ2n) is 6.30. The van der Waals surface area contributed by atoms with Gasteiger partial charge in [0.2, 0.25) is 5.95 Å². The molecular formula is C17H19N9. The minimum absolute atomic E-state index is 0.370. The lowest BCUT2D eigenvalue weighted by molar-refractivity contribution is 0.580. The van der Waals surface area contributed by atoms with Gasteiger partial charge in [-0.15, -0.1) is 5.10 Å². The first-order chi connectivity index (χ1) is 12.7. The minimum atomic E-state index is 0.370. The Kier molecular flexibility index (Phi) is 4.23. The van der Waals surface area contributed by atoms with E-state index in [4.69, 9.17) is 0 Å². The number of nitrogens with one attached hydrogen (secondary N) is 2. The molecule has 1 aliphatic carbocycles. The van der Waals surface area contributed by atoms with E-state index in [0.29, 0.717) is 35.7 Å². The number of nitriles is 1. The molecule has 1 saturated carbocycles. The summed E-state index contributed by atoms with van der Waals surface area (Å²) < 4.78 is 1.52. The third-order valence-electron chi connectivity index (χ3n) is 4.04. The smallest absolute Gasteiger partial charge is 0.247 e. The molecule has 0 amide bonds. The van der Waals surface area contributed by atoms with Gasteiger partial charge >= 0.3 is 0 Å². The van der Waals surface area contributed by atoms with Crippen molar-refractivity contribution < 1.29 is 0 Å². The highest BCUT2D eigenvalue weighted by molar-refractivity contribution is 5.66. The molecule has 0 radical (unpaired) electrons. The predicted octanol–water partition coefficient (Wildman–Crippen LogP) is 1.40. The van der Waals surface area contributed by atoms with Crippen LogP contribution in [0.25, 0.3) is 5.65 Å². The van der Waals surface area contributed by atoms with E-state index in [2.05, 4.69) is 36.8 Å². The van der Waals surface area contributed by atoms with Gasteiger partial charge in [0.05, 0.1) is 19.1 Å². The van der Waals surface area contributed by atoms with Gasteiger partial charge in [-0.1, -0.05) is 6.08 Å². The predicted molar refractivity (Wildman–Crippen MR) is 99.0 cm³/mol. The molecule has 9 heteroatoms. The molecule has 0 bridgehead atoms. The average molecular weight is 349 g/mol. The van der Waals surface area contributed by atoms with Crippen LogP contribution in [0.15, 0.2) is 35.1 Å². The second kappa shape index (κ2) is 6.84. The van der Waals surface area contributed by atoms with Crippen LogP contribution in [-0.4, -0.2) is 57.0 Å². The molecule has 1 aliphatic heterocycles. The molecule has 0 saturated heterocycles. The summed E-state index contributed by atoms with van der Waals surface area (Å²) in [5.74, 6) is 1.04. The van der Waals surface area contributed by atoms with Crippen LogP contribution in [0, 0.1) is 11.3 Å². The van der Waals surface area contributed by atoms with Crippen molar-refractivity contribution in [1.29, 1.82) is 5.26 Å². The maximum Gasteiger partial charge on any atom is 0.247 e. The van der Waals surface area contributed by atoms with E-state index < -0.39 is 0 Å². The fraction of sp³-hybridized carbons (Fsp3) is 0.353. The number of imidazole rings is 1. The number of hydrogen-bond donors (Lipinski definition) is 2. The summed E-state index contributed by atoms with van der Waals surface area (Å²) >= 11 is 0. The van der Waals surface area contributed by atoms with E-state index in [0.717, 1.165) is 25.1 Å². The molecule has 0 atom stereocenters. The maximum absolute atomic E-state index is 9.29. The van der Waals surface area contributed by atoms with Crippen LogP contribution in [0.3, 0.4) is 0 Å². The zero-order valence-electron chi connectivity index (χ0n) is 14.4. The van der Waals surface area contributed by atoms with Gasteiger partial charge in [-0.05, 0) is 25.0 Å². The number of anilines is 2. The van der Waals surface area contributed by atoms with Gasteiger partial charge < -0.3 is 15.5 Å². The Balaban J connectivity index is 1.67. The molecule has 26 heavy (non-hydrogen) atoms. The van der Waals surface area contributed by atoms with Crippen LogP contribution >= 0.6 is 0 Å². The molecule has 2 aliphatic rings.